The maximum Gasteiger partial charge on any atom is 0.142 e. The summed E-state index contributed by atoms with van der Waals surface area (Å²) in [4.78, 5) is 12.0. The van der Waals surface area contributed by atoms with Crippen LogP contribution in [0.3, 0.4) is 0 Å². The van der Waals surface area contributed by atoms with E-state index in [9.17, 15) is 0 Å². The molecule has 0 N–H and O–H groups in total. The molecule has 0 unspecified atom stereocenters. The van der Waals surface area contributed by atoms with Crippen molar-refractivity contribution in [1.82, 2.24) is 4.90 Å². The third kappa shape index (κ3) is 5.23. The highest BCUT2D eigenvalue weighted by atomic mass is 16.6. The molecule has 4 nitrogen and oxygen atoms in total. The van der Waals surface area contributed by atoms with Gasteiger partial charge in [0.05, 0.1) is 18.2 Å². The SMILES string of the molecule is CCN(C)C=Nc1cc(C)c(C=NOCc2ccccc2)cc1C. The third-order valence-corrected chi connectivity index (χ3v) is 3.82. The molecule has 2 aromatic rings. The van der Waals surface area contributed by atoms with Crippen LogP contribution >= 0.6 is 0 Å². The average molecular weight is 323 g/mol. The molecule has 2 aromatic carbocycles. The molecule has 0 aliphatic heterocycles. The van der Waals surface area contributed by atoms with E-state index >= 15 is 0 Å². The predicted molar refractivity (Wildman–Crippen MR) is 101 cm³/mol. The van der Waals surface area contributed by atoms with Crippen molar-refractivity contribution in [2.45, 2.75) is 27.4 Å². The number of benzene rings is 2. The molecule has 0 bridgehead atoms. The van der Waals surface area contributed by atoms with Crippen molar-refractivity contribution < 1.29 is 4.84 Å². The molecule has 0 heterocycles. The van der Waals surface area contributed by atoms with Gasteiger partial charge in [-0.05, 0) is 55.2 Å². The Balaban J connectivity index is 2.02. The van der Waals surface area contributed by atoms with Crippen LogP contribution in [-0.2, 0) is 11.4 Å². The Hall–Kier alpha value is -2.62. The summed E-state index contributed by atoms with van der Waals surface area (Å²) in [6.07, 6.45) is 3.62. The summed E-state index contributed by atoms with van der Waals surface area (Å²) in [5, 5.41) is 4.08. The van der Waals surface area contributed by atoms with Gasteiger partial charge in [-0.25, -0.2) is 4.99 Å². The van der Waals surface area contributed by atoms with Crippen LogP contribution in [0.4, 0.5) is 5.69 Å². The van der Waals surface area contributed by atoms with E-state index in [0.29, 0.717) is 6.61 Å². The number of hydrogen-bond donors (Lipinski definition) is 0. The fourth-order valence-corrected chi connectivity index (χ4v) is 2.12. The van der Waals surface area contributed by atoms with E-state index in [0.717, 1.165) is 34.5 Å². The smallest absolute Gasteiger partial charge is 0.142 e. The molecule has 0 saturated heterocycles. The van der Waals surface area contributed by atoms with Gasteiger partial charge in [0.2, 0.25) is 0 Å². The zero-order valence-corrected chi connectivity index (χ0v) is 14.9. The quantitative estimate of drug-likeness (QED) is 0.428. The fraction of sp³-hybridized carbons (Fsp3) is 0.300. The summed E-state index contributed by atoms with van der Waals surface area (Å²) in [5.41, 5.74) is 5.37. The van der Waals surface area contributed by atoms with E-state index < -0.39 is 0 Å². The first-order chi connectivity index (χ1) is 11.6. The molecule has 0 aliphatic rings. The molecule has 126 valence electrons. The van der Waals surface area contributed by atoms with E-state index in [1.807, 2.05) is 48.6 Å². The van der Waals surface area contributed by atoms with Crippen LogP contribution in [0.2, 0.25) is 0 Å². The summed E-state index contributed by atoms with van der Waals surface area (Å²) >= 11 is 0. The van der Waals surface area contributed by atoms with E-state index in [2.05, 4.69) is 43.1 Å². The first-order valence-electron chi connectivity index (χ1n) is 8.15. The van der Waals surface area contributed by atoms with Crippen molar-refractivity contribution in [3.05, 3.63) is 64.7 Å². The van der Waals surface area contributed by atoms with Crippen molar-refractivity contribution in [3.63, 3.8) is 0 Å². The van der Waals surface area contributed by atoms with E-state index in [4.69, 9.17) is 4.84 Å². The first-order valence-corrected chi connectivity index (χ1v) is 8.15. The summed E-state index contributed by atoms with van der Waals surface area (Å²) in [7, 11) is 2.01. The monoisotopic (exact) mass is 323 g/mol. The fourth-order valence-electron chi connectivity index (χ4n) is 2.12. The van der Waals surface area contributed by atoms with E-state index in [-0.39, 0.29) is 0 Å². The molecule has 2 rings (SSSR count). The van der Waals surface area contributed by atoms with Gasteiger partial charge >= 0.3 is 0 Å². The molecule has 0 aromatic heterocycles. The molecule has 0 spiro atoms. The van der Waals surface area contributed by atoms with Gasteiger partial charge in [0, 0.05) is 13.6 Å². The molecule has 0 amide bonds. The lowest BCUT2D eigenvalue weighted by Gasteiger charge is -2.10. The van der Waals surface area contributed by atoms with Gasteiger partial charge in [0.15, 0.2) is 0 Å². The third-order valence-electron chi connectivity index (χ3n) is 3.82. The van der Waals surface area contributed by atoms with E-state index in [1.54, 1.807) is 6.21 Å². The highest BCUT2D eigenvalue weighted by molar-refractivity contribution is 5.83. The zero-order chi connectivity index (χ0) is 17.4. The van der Waals surface area contributed by atoms with Crippen LogP contribution in [-0.4, -0.2) is 31.0 Å². The molecule has 0 saturated carbocycles. The Morgan fingerprint density at radius 1 is 1.08 bits per heavy atom. The van der Waals surface area contributed by atoms with Crippen LogP contribution in [0.15, 0.2) is 52.6 Å². The standard InChI is InChI=1S/C20H25N3O/c1-5-23(4)15-21-20-12-16(2)19(11-17(20)3)13-22-24-14-18-9-7-6-8-10-18/h6-13,15H,5,14H2,1-4H3. The molecule has 0 fully saturated rings. The Morgan fingerprint density at radius 3 is 2.54 bits per heavy atom. The van der Waals surface area contributed by atoms with Gasteiger partial charge in [-0.1, -0.05) is 35.5 Å². The van der Waals surface area contributed by atoms with Crippen molar-refractivity contribution in [3.8, 4) is 0 Å². The van der Waals surface area contributed by atoms with E-state index in [1.165, 1.54) is 0 Å². The minimum absolute atomic E-state index is 0.473. The average Bonchev–Trinajstić information content (AvgIpc) is 2.60. The van der Waals surface area contributed by atoms with Crippen molar-refractivity contribution in [2.24, 2.45) is 10.1 Å². The Labute approximate surface area is 144 Å². The number of rotatable bonds is 7. The van der Waals surface area contributed by atoms with Gasteiger partial charge in [-0.2, -0.15) is 0 Å². The molecule has 0 radical (unpaired) electrons. The van der Waals surface area contributed by atoms with Gasteiger partial charge in [0.25, 0.3) is 0 Å². The van der Waals surface area contributed by atoms with Crippen molar-refractivity contribution in [1.29, 1.82) is 0 Å². The van der Waals surface area contributed by atoms with Crippen molar-refractivity contribution >= 4 is 18.2 Å². The second kappa shape index (κ2) is 8.87. The maximum absolute atomic E-state index is 5.38. The Kier molecular flexibility index (Phi) is 6.55. The number of aryl methyl sites for hydroxylation is 2. The summed E-state index contributed by atoms with van der Waals surface area (Å²) in [5.74, 6) is 0. The lowest BCUT2D eigenvalue weighted by atomic mass is 10.0. The van der Waals surface area contributed by atoms with Crippen molar-refractivity contribution in [2.75, 3.05) is 13.6 Å². The van der Waals surface area contributed by atoms with Gasteiger partial charge in [0.1, 0.15) is 6.61 Å². The lowest BCUT2D eigenvalue weighted by Crippen LogP contribution is -2.14. The van der Waals surface area contributed by atoms with Gasteiger partial charge in [-0.15, -0.1) is 0 Å². The van der Waals surface area contributed by atoms with Gasteiger partial charge in [-0.3, -0.25) is 0 Å². The zero-order valence-electron chi connectivity index (χ0n) is 14.9. The van der Waals surface area contributed by atoms with Crippen LogP contribution in [0, 0.1) is 13.8 Å². The minimum atomic E-state index is 0.473. The Bertz CT molecular complexity index is 708. The molecular formula is C20H25N3O. The summed E-state index contributed by atoms with van der Waals surface area (Å²) in [6, 6.07) is 14.2. The van der Waals surface area contributed by atoms with Crippen LogP contribution in [0.25, 0.3) is 0 Å². The second-order valence-electron chi connectivity index (χ2n) is 5.81. The number of nitrogens with zero attached hydrogens (tertiary/aromatic N) is 3. The number of aliphatic imine (C=N–C) groups is 1. The second-order valence-corrected chi connectivity index (χ2v) is 5.81. The van der Waals surface area contributed by atoms with Crippen LogP contribution in [0.1, 0.15) is 29.2 Å². The van der Waals surface area contributed by atoms with Crippen LogP contribution in [0.5, 0.6) is 0 Å². The highest BCUT2D eigenvalue weighted by Crippen LogP contribution is 2.22. The van der Waals surface area contributed by atoms with Gasteiger partial charge < -0.3 is 9.74 Å². The molecule has 0 aliphatic carbocycles. The van der Waals surface area contributed by atoms with Crippen LogP contribution < -0.4 is 0 Å². The predicted octanol–water partition coefficient (Wildman–Crippen LogP) is 4.47. The lowest BCUT2D eigenvalue weighted by molar-refractivity contribution is 0.132. The summed E-state index contributed by atoms with van der Waals surface area (Å²) in [6.45, 7) is 7.62. The minimum Gasteiger partial charge on any atom is -0.391 e. The largest absolute Gasteiger partial charge is 0.391 e. The Morgan fingerprint density at radius 2 is 1.83 bits per heavy atom. The highest BCUT2D eigenvalue weighted by Gasteiger charge is 2.02. The normalized spacial score (nSPS) is 11.3. The number of hydrogen-bond acceptors (Lipinski definition) is 3. The molecule has 0 atom stereocenters. The molecule has 4 heteroatoms. The first kappa shape index (κ1) is 17.7. The molecular weight excluding hydrogens is 298 g/mol. The number of oxime groups is 1. The molecule has 24 heavy (non-hydrogen) atoms. The topological polar surface area (TPSA) is 37.2 Å². The summed E-state index contributed by atoms with van der Waals surface area (Å²) < 4.78 is 0. The maximum atomic E-state index is 5.38.